The number of aromatic amines is 1. The van der Waals surface area contributed by atoms with Crippen LogP contribution in [0.3, 0.4) is 0 Å². The molecule has 8 heteroatoms. The van der Waals surface area contributed by atoms with E-state index < -0.39 is 0 Å². The molecule has 0 unspecified atom stereocenters. The minimum atomic E-state index is -0.306. The van der Waals surface area contributed by atoms with Gasteiger partial charge in [-0.2, -0.15) is 5.26 Å². The van der Waals surface area contributed by atoms with Crippen LogP contribution in [0, 0.1) is 25.2 Å². The molecule has 0 spiro atoms. The summed E-state index contributed by atoms with van der Waals surface area (Å²) < 4.78 is 4.75. The number of nitriles is 1. The van der Waals surface area contributed by atoms with Crippen LogP contribution >= 0.6 is 0 Å². The van der Waals surface area contributed by atoms with Crippen LogP contribution in [0.5, 0.6) is 0 Å². The normalized spacial score (nSPS) is 11.6. The summed E-state index contributed by atoms with van der Waals surface area (Å²) in [6, 6.07) is 18.8. The summed E-state index contributed by atoms with van der Waals surface area (Å²) in [5.41, 5.74) is 4.03. The molecule has 0 radical (unpaired) electrons. The Labute approximate surface area is 188 Å². The van der Waals surface area contributed by atoms with Crippen molar-refractivity contribution >= 4 is 28.6 Å². The zero-order valence-electron chi connectivity index (χ0n) is 18.3. The first kappa shape index (κ1) is 20.3. The van der Waals surface area contributed by atoms with Gasteiger partial charge in [0.05, 0.1) is 33.5 Å². The number of hydrogen-bond acceptors (Lipinski definition) is 4. The second-order valence-corrected chi connectivity index (χ2v) is 7.83. The van der Waals surface area contributed by atoms with Crippen molar-refractivity contribution in [3.05, 3.63) is 97.7 Å². The van der Waals surface area contributed by atoms with E-state index in [2.05, 4.69) is 16.0 Å². The van der Waals surface area contributed by atoms with Crippen molar-refractivity contribution in [3.63, 3.8) is 0 Å². The maximum absolute atomic E-state index is 13.4. The van der Waals surface area contributed by atoms with Crippen LogP contribution in [0.1, 0.15) is 22.4 Å². The summed E-state index contributed by atoms with van der Waals surface area (Å²) in [7, 11) is 1.79. The summed E-state index contributed by atoms with van der Waals surface area (Å²) in [6.45, 7) is 3.52. The van der Waals surface area contributed by atoms with Gasteiger partial charge in [-0.05, 0) is 43.7 Å². The van der Waals surface area contributed by atoms with Gasteiger partial charge in [0.25, 0.3) is 11.1 Å². The lowest BCUT2D eigenvalue weighted by molar-refractivity contribution is 0.630. The van der Waals surface area contributed by atoms with Gasteiger partial charge in [-0.3, -0.25) is 18.7 Å². The first-order valence-electron chi connectivity index (χ1n) is 10.4. The minimum absolute atomic E-state index is 0.239. The molecular formula is C25H20N6O2. The highest BCUT2D eigenvalue weighted by atomic mass is 16.1. The van der Waals surface area contributed by atoms with Crippen LogP contribution < -0.4 is 11.1 Å². The number of benzene rings is 2. The highest BCUT2D eigenvalue weighted by Crippen LogP contribution is 2.22. The van der Waals surface area contributed by atoms with Crippen LogP contribution in [-0.2, 0) is 7.05 Å². The van der Waals surface area contributed by atoms with Gasteiger partial charge in [-0.25, -0.2) is 9.67 Å². The van der Waals surface area contributed by atoms with E-state index >= 15 is 0 Å². The van der Waals surface area contributed by atoms with E-state index in [9.17, 15) is 14.9 Å². The summed E-state index contributed by atoms with van der Waals surface area (Å²) in [4.78, 5) is 34.2. The zero-order chi connectivity index (χ0) is 23.3. The van der Waals surface area contributed by atoms with Gasteiger partial charge < -0.3 is 4.98 Å². The number of aliphatic imine (C=N–C) groups is 1. The van der Waals surface area contributed by atoms with Crippen LogP contribution in [0.4, 0.5) is 5.69 Å². The van der Waals surface area contributed by atoms with Crippen molar-refractivity contribution < 1.29 is 0 Å². The number of nitrogens with one attached hydrogen (secondary N) is 1. The molecule has 0 aliphatic heterocycles. The Morgan fingerprint density at radius 1 is 1.00 bits per heavy atom. The van der Waals surface area contributed by atoms with Crippen molar-refractivity contribution in [2.24, 2.45) is 12.0 Å². The van der Waals surface area contributed by atoms with Crippen molar-refractivity contribution in [2.75, 3.05) is 0 Å². The minimum Gasteiger partial charge on any atom is -0.338 e. The molecule has 1 N–H and O–H groups in total. The number of nitrogens with zero attached hydrogens (tertiary/aromatic N) is 5. The van der Waals surface area contributed by atoms with E-state index in [-0.39, 0.29) is 22.4 Å². The van der Waals surface area contributed by atoms with Crippen LogP contribution in [0.15, 0.2) is 69.2 Å². The molecule has 0 bridgehead atoms. The topological polar surface area (TPSA) is 100 Å². The maximum atomic E-state index is 13.4. The van der Waals surface area contributed by atoms with Gasteiger partial charge in [0.1, 0.15) is 11.7 Å². The first-order chi connectivity index (χ1) is 15.9. The number of pyridine rings is 1. The molecule has 0 fully saturated rings. The summed E-state index contributed by atoms with van der Waals surface area (Å²) >= 11 is 0. The fraction of sp³-hybridized carbons (Fsp3) is 0.120. The number of H-pyrrole nitrogens is 1. The molecule has 5 aromatic rings. The lowest BCUT2D eigenvalue weighted by Gasteiger charge is -2.07. The van der Waals surface area contributed by atoms with Crippen molar-refractivity contribution in [2.45, 2.75) is 13.8 Å². The third-order valence-corrected chi connectivity index (χ3v) is 6.03. The molecule has 0 amide bonds. The summed E-state index contributed by atoms with van der Waals surface area (Å²) in [6.07, 6.45) is 1.39. The SMILES string of the molecule is Cc1c(C=Nc2c(C)n(C)n(-c3ccccc3)c2=O)c(=O)n2c([nH]c3ccccc32)c1C#N. The van der Waals surface area contributed by atoms with E-state index in [1.807, 2.05) is 54.6 Å². The van der Waals surface area contributed by atoms with Crippen LogP contribution in [0.2, 0.25) is 0 Å². The number of fused-ring (bicyclic) bond motifs is 3. The van der Waals surface area contributed by atoms with E-state index in [1.54, 1.807) is 25.6 Å². The number of hydrogen-bond donors (Lipinski definition) is 1. The van der Waals surface area contributed by atoms with Crippen LogP contribution in [-0.4, -0.2) is 25.0 Å². The maximum Gasteiger partial charge on any atom is 0.297 e. The third kappa shape index (κ3) is 2.94. The molecule has 33 heavy (non-hydrogen) atoms. The molecule has 8 nitrogen and oxygen atoms in total. The standard InChI is InChI=1S/C25H20N6O2/c1-15-18(13-26)23-28-20-11-7-8-12-21(20)30(23)24(32)19(15)14-27-22-16(2)29(3)31(25(22)33)17-9-5-4-6-10-17/h4-12,14,28H,1-3H3. The van der Waals surface area contributed by atoms with Gasteiger partial charge in [0.15, 0.2) is 5.69 Å². The highest BCUT2D eigenvalue weighted by molar-refractivity contribution is 5.89. The fourth-order valence-corrected chi connectivity index (χ4v) is 4.18. The number of aromatic nitrogens is 4. The molecule has 3 heterocycles. The second-order valence-electron chi connectivity index (χ2n) is 7.83. The molecule has 0 atom stereocenters. The van der Waals surface area contributed by atoms with E-state index in [1.165, 1.54) is 15.3 Å². The fourth-order valence-electron chi connectivity index (χ4n) is 4.18. The molecule has 0 aliphatic rings. The van der Waals surface area contributed by atoms with Crippen molar-refractivity contribution in [1.29, 1.82) is 5.26 Å². The Balaban J connectivity index is 1.74. The number of para-hydroxylation sites is 3. The first-order valence-corrected chi connectivity index (χ1v) is 10.4. The largest absolute Gasteiger partial charge is 0.338 e. The Hall–Kier alpha value is -4.64. The number of imidazole rings is 1. The lowest BCUT2D eigenvalue weighted by Crippen LogP contribution is -2.21. The predicted octanol–water partition coefficient (Wildman–Crippen LogP) is 3.51. The lowest BCUT2D eigenvalue weighted by atomic mass is 10.1. The summed E-state index contributed by atoms with van der Waals surface area (Å²) in [5, 5.41) is 9.81. The van der Waals surface area contributed by atoms with Crippen LogP contribution in [0.25, 0.3) is 22.4 Å². The molecule has 5 rings (SSSR count). The van der Waals surface area contributed by atoms with E-state index in [0.717, 1.165) is 11.2 Å². The summed E-state index contributed by atoms with van der Waals surface area (Å²) in [5.74, 6) is 0. The molecule has 3 aromatic heterocycles. The third-order valence-electron chi connectivity index (χ3n) is 6.03. The van der Waals surface area contributed by atoms with Gasteiger partial charge in [0, 0.05) is 13.3 Å². The number of rotatable bonds is 3. The van der Waals surface area contributed by atoms with Gasteiger partial charge in [-0.1, -0.05) is 30.3 Å². The Morgan fingerprint density at radius 2 is 1.70 bits per heavy atom. The Bertz CT molecular complexity index is 1740. The molecule has 0 saturated heterocycles. The molecule has 0 saturated carbocycles. The van der Waals surface area contributed by atoms with Gasteiger partial charge in [0.2, 0.25) is 0 Å². The zero-order valence-corrected chi connectivity index (χ0v) is 18.3. The van der Waals surface area contributed by atoms with Gasteiger partial charge in [-0.15, -0.1) is 0 Å². The van der Waals surface area contributed by atoms with Crippen molar-refractivity contribution in [3.8, 4) is 11.8 Å². The Morgan fingerprint density at radius 3 is 2.42 bits per heavy atom. The van der Waals surface area contributed by atoms with Crippen molar-refractivity contribution in [1.82, 2.24) is 18.7 Å². The molecular weight excluding hydrogens is 416 g/mol. The Kier molecular flexibility index (Phi) is 4.61. The second kappa shape index (κ2) is 7.50. The monoisotopic (exact) mass is 436 g/mol. The molecule has 2 aromatic carbocycles. The average Bonchev–Trinajstić information content (AvgIpc) is 3.30. The predicted molar refractivity (Wildman–Crippen MR) is 128 cm³/mol. The average molecular weight is 436 g/mol. The molecule has 0 aliphatic carbocycles. The molecule has 162 valence electrons. The quantitative estimate of drug-likeness (QED) is 0.438. The smallest absolute Gasteiger partial charge is 0.297 e. The van der Waals surface area contributed by atoms with E-state index in [0.29, 0.717) is 28.0 Å². The van der Waals surface area contributed by atoms with Gasteiger partial charge >= 0.3 is 0 Å². The highest BCUT2D eigenvalue weighted by Gasteiger charge is 2.19. The van der Waals surface area contributed by atoms with E-state index in [4.69, 9.17) is 0 Å².